The maximum absolute atomic E-state index is 7.05. The van der Waals surface area contributed by atoms with E-state index in [0.29, 0.717) is 0 Å². The van der Waals surface area contributed by atoms with Crippen molar-refractivity contribution in [3.8, 4) is 0 Å². The summed E-state index contributed by atoms with van der Waals surface area (Å²) in [7, 11) is 5.20. The number of hydrogen-bond acceptors (Lipinski definition) is 1. The number of hydrogen-bond donors (Lipinski definition) is 0. The van der Waals surface area contributed by atoms with Crippen LogP contribution >= 0.6 is 10.0 Å². The van der Waals surface area contributed by atoms with Gasteiger partial charge in [-0.25, -0.2) is 0 Å². The van der Waals surface area contributed by atoms with E-state index in [2.05, 4.69) is 164 Å². The van der Waals surface area contributed by atoms with Crippen LogP contribution in [0.1, 0.15) is 50.8 Å². The quantitative estimate of drug-likeness (QED) is 0.117. The predicted molar refractivity (Wildman–Crippen MR) is 176 cm³/mol. The fourth-order valence-corrected chi connectivity index (χ4v) is 13.6. The van der Waals surface area contributed by atoms with Crippen LogP contribution in [-0.4, -0.2) is 23.0 Å². The van der Waals surface area contributed by atoms with E-state index in [1.165, 1.54) is 44.6 Å². The second-order valence-corrected chi connectivity index (χ2v) is 19.3. The number of nitrogens with zero attached hydrogens (tertiary/aromatic N) is 1. The third-order valence-electron chi connectivity index (χ3n) is 7.45. The van der Waals surface area contributed by atoms with Crippen LogP contribution in [0.4, 0.5) is 5.69 Å². The molecular weight excluding hydrogens is 583 g/mol. The van der Waals surface area contributed by atoms with Crippen LogP contribution in [0.15, 0.2) is 133 Å². The van der Waals surface area contributed by atoms with Gasteiger partial charge >= 0.3 is 253 Å². The molecule has 200 valence electrons. The van der Waals surface area contributed by atoms with Crippen molar-refractivity contribution < 1.29 is 0 Å². The molecule has 5 aromatic carbocycles. The molecule has 0 atom stereocenters. The summed E-state index contributed by atoms with van der Waals surface area (Å²) in [5.74, 6) is 0.189. The average molecular weight is 619 g/mol. The molecule has 0 spiro atoms. The van der Waals surface area contributed by atoms with E-state index in [-0.39, 0.29) is 11.8 Å². The van der Waals surface area contributed by atoms with Gasteiger partial charge in [-0.1, -0.05) is 0 Å². The van der Waals surface area contributed by atoms with Gasteiger partial charge in [0.05, 0.1) is 0 Å². The van der Waals surface area contributed by atoms with Crippen molar-refractivity contribution in [2.75, 3.05) is 3.52 Å². The molecule has 5 rings (SSSR count). The number of aryl methyl sites for hydroxylation is 1. The normalized spacial score (nSPS) is 11.7. The summed E-state index contributed by atoms with van der Waals surface area (Å²) in [6.45, 7) is 9.51. The molecule has 0 aliphatic carbocycles. The number of rotatable bonds is 9. The van der Waals surface area contributed by atoms with E-state index in [1.807, 2.05) is 0 Å². The Kier molecular flexibility index (Phi) is 9.00. The third-order valence-corrected chi connectivity index (χ3v) is 16.3. The molecule has 0 unspecified atom stereocenters. The zero-order valence-electron chi connectivity index (χ0n) is 23.7. The Morgan fingerprint density at radius 3 is 1.10 bits per heavy atom. The van der Waals surface area contributed by atoms with E-state index in [4.69, 9.17) is 10.0 Å². The number of halogens is 1. The molecule has 0 bridgehead atoms. The van der Waals surface area contributed by atoms with E-state index < -0.39 is 23.0 Å². The van der Waals surface area contributed by atoms with Crippen molar-refractivity contribution in [3.63, 3.8) is 0 Å². The Balaban J connectivity index is 1.89. The monoisotopic (exact) mass is 619 g/mol. The molecule has 1 nitrogen and oxygen atoms in total. The van der Waals surface area contributed by atoms with Crippen molar-refractivity contribution in [3.05, 3.63) is 172 Å². The molecule has 0 aliphatic heterocycles. The van der Waals surface area contributed by atoms with Crippen molar-refractivity contribution >= 4 is 38.7 Å². The average Bonchev–Trinajstić information content (AvgIpc) is 2.96. The maximum atomic E-state index is 7.05. The van der Waals surface area contributed by atoms with Gasteiger partial charge in [0.1, 0.15) is 0 Å². The second-order valence-electron chi connectivity index (χ2n) is 11.4. The van der Waals surface area contributed by atoms with Gasteiger partial charge in [-0.05, 0) is 0 Å². The molecule has 4 heteroatoms. The van der Waals surface area contributed by atoms with Gasteiger partial charge in [0.2, 0.25) is 0 Å². The zero-order chi connectivity index (χ0) is 28.1. The number of anilines is 1. The summed E-state index contributed by atoms with van der Waals surface area (Å²) < 4.78 is 2.65. The van der Waals surface area contributed by atoms with Gasteiger partial charge in [0.15, 0.2) is 0 Å². The SMILES string of the molecule is Cc1cc(C(c2ccccc2)c2ccccc2)c([N]([Ge][Cl])[Si](C)(C)C)c(C(c2ccccc2)c2ccccc2)c1. The first-order valence-corrected chi connectivity index (χ1v) is 21.0. The van der Waals surface area contributed by atoms with Crippen LogP contribution in [0.3, 0.4) is 0 Å². The van der Waals surface area contributed by atoms with E-state index in [9.17, 15) is 0 Å². The standard InChI is InChI=1S/C36H36ClGeNSi/c1-27-25-32(34(28-17-9-5-10-18-28)29-19-11-6-12-20-29)36(39(38-37)40(2,3)4)33(26-27)35(30-21-13-7-14-22-30)31-23-15-8-16-24-31/h5-26,34-35H,1-4H3. The minimum absolute atomic E-state index is 0.0944. The van der Waals surface area contributed by atoms with Crippen LogP contribution in [0.25, 0.3) is 0 Å². The second kappa shape index (κ2) is 12.6. The van der Waals surface area contributed by atoms with E-state index in [1.54, 1.807) is 0 Å². The molecule has 0 amide bonds. The third kappa shape index (κ3) is 6.15. The van der Waals surface area contributed by atoms with Gasteiger partial charge in [-0.15, -0.1) is 0 Å². The van der Waals surface area contributed by atoms with Crippen LogP contribution in [0.5, 0.6) is 0 Å². The molecule has 0 saturated heterocycles. The molecule has 0 N–H and O–H groups in total. The van der Waals surface area contributed by atoms with Gasteiger partial charge in [0, 0.05) is 0 Å². The van der Waals surface area contributed by atoms with E-state index in [0.717, 1.165) is 0 Å². The zero-order valence-corrected chi connectivity index (χ0v) is 27.5. The number of benzene rings is 5. The molecule has 0 heterocycles. The first kappa shape index (κ1) is 28.5. The Hall–Kier alpha value is -3.05. The molecule has 0 aliphatic rings. The summed E-state index contributed by atoms with van der Waals surface area (Å²) in [6.07, 6.45) is 0. The van der Waals surface area contributed by atoms with Crippen molar-refractivity contribution in [2.45, 2.75) is 38.4 Å². The van der Waals surface area contributed by atoms with E-state index >= 15 is 0 Å². The van der Waals surface area contributed by atoms with Gasteiger partial charge in [-0.2, -0.15) is 0 Å². The Morgan fingerprint density at radius 1 is 0.550 bits per heavy atom. The molecular formula is C36H36ClGeNSi. The fraction of sp³-hybridized carbons (Fsp3) is 0.167. The molecule has 2 radical (unpaired) electrons. The molecule has 40 heavy (non-hydrogen) atoms. The van der Waals surface area contributed by atoms with Gasteiger partial charge in [0.25, 0.3) is 0 Å². The molecule has 0 saturated carbocycles. The Labute approximate surface area is 251 Å². The van der Waals surface area contributed by atoms with Crippen molar-refractivity contribution in [1.29, 1.82) is 0 Å². The van der Waals surface area contributed by atoms with Crippen molar-refractivity contribution in [2.24, 2.45) is 0 Å². The van der Waals surface area contributed by atoms with Crippen molar-refractivity contribution in [1.82, 2.24) is 0 Å². The summed E-state index contributed by atoms with van der Waals surface area (Å²) in [6, 6.07) is 48.7. The van der Waals surface area contributed by atoms with Crippen LogP contribution in [0, 0.1) is 6.92 Å². The Morgan fingerprint density at radius 2 is 0.850 bits per heavy atom. The summed E-state index contributed by atoms with van der Waals surface area (Å²) >= 11 is -0.896. The van der Waals surface area contributed by atoms with Crippen LogP contribution < -0.4 is 3.52 Å². The minimum atomic E-state index is -1.85. The first-order chi connectivity index (χ1) is 19.4. The molecule has 0 fully saturated rings. The summed E-state index contributed by atoms with van der Waals surface area (Å²) in [5, 5.41) is 0. The predicted octanol–water partition coefficient (Wildman–Crippen LogP) is 9.77. The first-order valence-electron chi connectivity index (χ1n) is 13.9. The topological polar surface area (TPSA) is 3.24 Å². The molecule has 0 aromatic heterocycles. The summed E-state index contributed by atoms with van der Waals surface area (Å²) in [5.41, 5.74) is 10.5. The summed E-state index contributed by atoms with van der Waals surface area (Å²) in [4.78, 5) is 0. The molecule has 5 aromatic rings. The van der Waals surface area contributed by atoms with Crippen LogP contribution in [0.2, 0.25) is 19.6 Å². The fourth-order valence-electron chi connectivity index (χ4n) is 5.72. The van der Waals surface area contributed by atoms with Crippen LogP contribution in [-0.2, 0) is 0 Å². The van der Waals surface area contributed by atoms with Gasteiger partial charge < -0.3 is 0 Å². The Bertz CT molecular complexity index is 1340. The van der Waals surface area contributed by atoms with Gasteiger partial charge in [-0.3, -0.25) is 0 Å².